The topological polar surface area (TPSA) is 85.0 Å². The number of carbonyl (C=O) groups excluding carboxylic acids is 1. The molecular weight excluding hydrogens is 319 g/mol. The zero-order valence-electron chi connectivity index (χ0n) is 15.2. The first kappa shape index (κ1) is 18.1. The average Bonchev–Trinajstić information content (AvgIpc) is 2.93. The van der Waals surface area contributed by atoms with Crippen LogP contribution in [0.1, 0.15) is 45.0 Å². The molecule has 2 aliphatic rings. The molecule has 1 unspecified atom stereocenters. The number of fused-ring (bicyclic) bond motifs is 1. The van der Waals surface area contributed by atoms with Gasteiger partial charge in [0.2, 0.25) is 5.91 Å². The van der Waals surface area contributed by atoms with E-state index in [1.165, 1.54) is 0 Å². The van der Waals surface area contributed by atoms with E-state index in [1.54, 1.807) is 4.90 Å². The summed E-state index contributed by atoms with van der Waals surface area (Å²) in [5.41, 5.74) is 7.33. The summed E-state index contributed by atoms with van der Waals surface area (Å²) in [4.78, 5) is 13.0. The number of aliphatic hydroxyl groups excluding tert-OH is 1. The fourth-order valence-electron chi connectivity index (χ4n) is 3.19. The van der Waals surface area contributed by atoms with E-state index < -0.39 is 30.5 Å². The number of hydrogen-bond acceptors (Lipinski definition) is 5. The van der Waals surface area contributed by atoms with E-state index in [2.05, 4.69) is 6.58 Å². The Labute approximate surface area is 148 Å². The zero-order valence-corrected chi connectivity index (χ0v) is 15.2. The number of amides is 1. The highest BCUT2D eigenvalue weighted by Gasteiger charge is 2.52. The summed E-state index contributed by atoms with van der Waals surface area (Å²) in [6.45, 7) is 12.4. The van der Waals surface area contributed by atoms with Crippen molar-refractivity contribution in [2.45, 2.75) is 51.7 Å². The second kappa shape index (κ2) is 5.95. The normalized spacial score (nSPS) is 24.4. The number of hydrogen-bond donors (Lipinski definition) is 2. The highest BCUT2D eigenvalue weighted by Crippen LogP contribution is 2.38. The number of nitrogens with zero attached hydrogens (tertiary/aromatic N) is 1. The summed E-state index contributed by atoms with van der Waals surface area (Å²) in [5, 5.41) is 10.6. The second-order valence-electron chi connectivity index (χ2n) is 7.75. The Morgan fingerprint density at radius 1 is 1.36 bits per heavy atom. The third kappa shape index (κ3) is 3.02. The fourth-order valence-corrected chi connectivity index (χ4v) is 3.19. The van der Waals surface area contributed by atoms with Crippen molar-refractivity contribution in [1.82, 2.24) is 4.90 Å². The third-order valence-electron chi connectivity index (χ3n) is 5.48. The number of benzene rings is 1. The van der Waals surface area contributed by atoms with Gasteiger partial charge in [-0.05, 0) is 44.3 Å². The Kier molecular flexibility index (Phi) is 4.32. The molecule has 0 bridgehead atoms. The molecule has 0 saturated carbocycles. The van der Waals surface area contributed by atoms with E-state index in [4.69, 9.17) is 15.0 Å². The molecule has 1 saturated heterocycles. The van der Waals surface area contributed by atoms with Crippen LogP contribution in [0.3, 0.4) is 0 Å². The summed E-state index contributed by atoms with van der Waals surface area (Å²) in [5.74, 6) is -0.561. The number of carbonyl (C=O) groups is 1. The summed E-state index contributed by atoms with van der Waals surface area (Å²) in [7, 11) is -0.494. The van der Waals surface area contributed by atoms with Crippen molar-refractivity contribution in [2.75, 3.05) is 6.54 Å². The van der Waals surface area contributed by atoms with E-state index in [0.29, 0.717) is 6.54 Å². The number of aliphatic hydroxyl groups is 1. The van der Waals surface area contributed by atoms with E-state index in [-0.39, 0.29) is 12.1 Å². The molecule has 0 aliphatic carbocycles. The van der Waals surface area contributed by atoms with Gasteiger partial charge in [-0.25, -0.2) is 0 Å². The van der Waals surface area contributed by atoms with Crippen LogP contribution in [0, 0.1) is 0 Å². The third-order valence-corrected chi connectivity index (χ3v) is 5.48. The molecule has 7 heteroatoms. The molecule has 3 rings (SSSR count). The van der Waals surface area contributed by atoms with Gasteiger partial charge < -0.3 is 20.1 Å². The van der Waals surface area contributed by atoms with Crippen molar-refractivity contribution in [1.29, 1.82) is 0 Å². The van der Waals surface area contributed by atoms with Gasteiger partial charge >= 0.3 is 7.12 Å². The van der Waals surface area contributed by atoms with Crippen molar-refractivity contribution in [3.63, 3.8) is 0 Å². The molecule has 1 aromatic rings. The van der Waals surface area contributed by atoms with E-state index in [9.17, 15) is 9.90 Å². The van der Waals surface area contributed by atoms with Gasteiger partial charge in [-0.2, -0.15) is 0 Å². The van der Waals surface area contributed by atoms with Crippen molar-refractivity contribution >= 4 is 18.5 Å². The van der Waals surface area contributed by atoms with Gasteiger partial charge in [0, 0.05) is 18.7 Å². The van der Waals surface area contributed by atoms with Gasteiger partial charge in [-0.3, -0.25) is 9.69 Å². The predicted octanol–water partition coefficient (Wildman–Crippen LogP) is 0.834. The van der Waals surface area contributed by atoms with Crippen LogP contribution in [0.2, 0.25) is 0 Å². The number of primary amides is 1. The van der Waals surface area contributed by atoms with Crippen LogP contribution >= 0.6 is 0 Å². The van der Waals surface area contributed by atoms with Gasteiger partial charge in [-0.1, -0.05) is 24.8 Å². The summed E-state index contributed by atoms with van der Waals surface area (Å²) in [6, 6.07) is 5.72. The van der Waals surface area contributed by atoms with Crippen LogP contribution in [-0.2, 0) is 20.6 Å². The summed E-state index contributed by atoms with van der Waals surface area (Å²) >= 11 is 0. The van der Waals surface area contributed by atoms with Crippen LogP contribution in [0.15, 0.2) is 30.4 Å². The molecule has 1 atom stereocenters. The lowest BCUT2D eigenvalue weighted by molar-refractivity contribution is -0.115. The standard InChI is InChI=1S/C18H25BN2O4/c1-11(15(20)22)9-21-10-13-12(16(21)23)7-6-8-14(13)19-24-17(2,3)18(4,5)25-19/h6-8,16,23H,1,9-10H2,2-5H3,(H2,20,22). The van der Waals surface area contributed by atoms with Crippen molar-refractivity contribution in [2.24, 2.45) is 5.73 Å². The molecule has 6 nitrogen and oxygen atoms in total. The van der Waals surface area contributed by atoms with Crippen molar-refractivity contribution in [3.8, 4) is 0 Å². The highest BCUT2D eigenvalue weighted by atomic mass is 16.7. The average molecular weight is 344 g/mol. The van der Waals surface area contributed by atoms with Crippen LogP contribution in [-0.4, -0.2) is 40.8 Å². The number of nitrogens with two attached hydrogens (primary N) is 1. The minimum atomic E-state index is -0.812. The molecule has 3 N–H and O–H groups in total. The van der Waals surface area contributed by atoms with Gasteiger partial charge in [0.15, 0.2) is 0 Å². The Balaban J connectivity index is 1.88. The first-order chi connectivity index (χ1) is 11.5. The van der Waals surface area contributed by atoms with Crippen LogP contribution in [0.4, 0.5) is 0 Å². The molecule has 1 amide bonds. The van der Waals surface area contributed by atoms with Gasteiger partial charge in [0.1, 0.15) is 6.23 Å². The first-order valence-electron chi connectivity index (χ1n) is 8.40. The maximum atomic E-state index is 11.3. The molecule has 2 heterocycles. The second-order valence-corrected chi connectivity index (χ2v) is 7.75. The van der Waals surface area contributed by atoms with Crippen LogP contribution < -0.4 is 11.2 Å². The SMILES string of the molecule is C=C(CN1Cc2c(B3OC(C)(C)C(C)(C)O3)cccc2C1O)C(N)=O. The van der Waals surface area contributed by atoms with Crippen LogP contribution in [0.25, 0.3) is 0 Å². The molecule has 1 fully saturated rings. The van der Waals surface area contributed by atoms with E-state index in [0.717, 1.165) is 16.6 Å². The zero-order chi connectivity index (χ0) is 18.6. The molecule has 0 radical (unpaired) electrons. The Morgan fingerprint density at radius 2 is 1.96 bits per heavy atom. The van der Waals surface area contributed by atoms with E-state index >= 15 is 0 Å². The molecular formula is C18H25BN2O4. The van der Waals surface area contributed by atoms with Crippen LogP contribution in [0.5, 0.6) is 0 Å². The van der Waals surface area contributed by atoms with Gasteiger partial charge in [-0.15, -0.1) is 0 Å². The lowest BCUT2D eigenvalue weighted by atomic mass is 9.75. The number of rotatable bonds is 4. The molecule has 0 spiro atoms. The molecule has 1 aromatic carbocycles. The molecule has 2 aliphatic heterocycles. The minimum Gasteiger partial charge on any atom is -0.399 e. The maximum absolute atomic E-state index is 11.3. The summed E-state index contributed by atoms with van der Waals surface area (Å²) in [6.07, 6.45) is -0.812. The monoisotopic (exact) mass is 344 g/mol. The predicted molar refractivity (Wildman–Crippen MR) is 95.9 cm³/mol. The van der Waals surface area contributed by atoms with Crippen molar-refractivity contribution in [3.05, 3.63) is 41.5 Å². The lowest BCUT2D eigenvalue weighted by Crippen LogP contribution is -2.41. The van der Waals surface area contributed by atoms with Crippen molar-refractivity contribution < 1.29 is 19.2 Å². The Morgan fingerprint density at radius 3 is 2.52 bits per heavy atom. The van der Waals surface area contributed by atoms with Gasteiger partial charge in [0.05, 0.1) is 11.2 Å². The lowest BCUT2D eigenvalue weighted by Gasteiger charge is -2.32. The Bertz CT molecular complexity index is 716. The summed E-state index contributed by atoms with van der Waals surface area (Å²) < 4.78 is 12.3. The van der Waals surface area contributed by atoms with Gasteiger partial charge in [0.25, 0.3) is 0 Å². The quantitative estimate of drug-likeness (QED) is 0.624. The first-order valence-corrected chi connectivity index (χ1v) is 8.40. The highest BCUT2D eigenvalue weighted by molar-refractivity contribution is 6.62. The molecule has 134 valence electrons. The minimum absolute atomic E-state index is 0.216. The fraction of sp³-hybridized carbons (Fsp3) is 0.500. The largest absolute Gasteiger partial charge is 0.495 e. The Hall–Kier alpha value is -1.67. The smallest absolute Gasteiger partial charge is 0.399 e. The molecule has 0 aromatic heterocycles. The van der Waals surface area contributed by atoms with E-state index in [1.807, 2.05) is 45.9 Å². The maximum Gasteiger partial charge on any atom is 0.495 e. The molecule has 25 heavy (non-hydrogen) atoms.